The lowest BCUT2D eigenvalue weighted by molar-refractivity contribution is -0.416. The number of rotatable bonds is 18. The van der Waals surface area contributed by atoms with Gasteiger partial charge in [0.2, 0.25) is 0 Å². The first-order valence-corrected chi connectivity index (χ1v) is 12.9. The fourth-order valence-corrected chi connectivity index (χ4v) is 3.42. The van der Waals surface area contributed by atoms with Gasteiger partial charge in [0.05, 0.1) is 12.2 Å². The van der Waals surface area contributed by atoms with Crippen molar-refractivity contribution in [2.24, 2.45) is 0 Å². The van der Waals surface area contributed by atoms with Gasteiger partial charge < -0.3 is 14.2 Å². The van der Waals surface area contributed by atoms with Crippen molar-refractivity contribution in [1.82, 2.24) is 0 Å². The molecule has 0 radical (unpaired) electrons. The molecule has 2 unspecified atom stereocenters. The third kappa shape index (κ3) is 9.11. The largest absolute Gasteiger partial charge is 0.460 e. The molecule has 0 aromatic rings. The van der Waals surface area contributed by atoms with Crippen LogP contribution < -0.4 is 0 Å². The SMILES string of the molecule is C=C(C)C(=O)OCC(CC(F)(F)C(F)(F)C(F)(F)C(F)(F)C(F)(CC(=C)C(=O)OCC(F)(F)C(F)(F)C(F)(F)C(F)(F)F)C(F)(F)F)OC(C)C. The quantitative estimate of drug-likeness (QED) is 0.0787. The third-order valence-corrected chi connectivity index (χ3v) is 6.23. The van der Waals surface area contributed by atoms with Gasteiger partial charge in [0.1, 0.15) is 6.61 Å². The van der Waals surface area contributed by atoms with Crippen LogP contribution in [0.25, 0.3) is 0 Å². The molecule has 0 aromatic carbocycles. The highest BCUT2D eigenvalue weighted by molar-refractivity contribution is 5.88. The van der Waals surface area contributed by atoms with Gasteiger partial charge in [-0.3, -0.25) is 0 Å². The predicted molar refractivity (Wildman–Crippen MR) is 126 cm³/mol. The van der Waals surface area contributed by atoms with Crippen LogP contribution >= 0.6 is 0 Å². The maximum Gasteiger partial charge on any atom is 0.460 e. The summed E-state index contributed by atoms with van der Waals surface area (Å²) in [6.07, 6.45) is -25.7. The minimum Gasteiger partial charge on any atom is -0.460 e. The average molecular weight is 802 g/mol. The van der Waals surface area contributed by atoms with Crippen LogP contribution in [0, 0.1) is 0 Å². The van der Waals surface area contributed by atoms with Gasteiger partial charge in [-0.2, -0.15) is 87.8 Å². The molecule has 0 aliphatic carbocycles. The maximum absolute atomic E-state index is 15.0. The maximum atomic E-state index is 15.0. The van der Waals surface area contributed by atoms with E-state index >= 15 is 0 Å². The predicted octanol–water partition coefficient (Wildman–Crippen LogP) is 9.06. The van der Waals surface area contributed by atoms with Gasteiger partial charge in [0.15, 0.2) is 6.61 Å². The van der Waals surface area contributed by atoms with Crippen LogP contribution in [0.5, 0.6) is 0 Å². The van der Waals surface area contributed by atoms with Crippen molar-refractivity contribution in [3.63, 3.8) is 0 Å². The first kappa shape index (κ1) is 47.9. The Labute approximate surface area is 271 Å². The summed E-state index contributed by atoms with van der Waals surface area (Å²) in [5, 5.41) is 0. The van der Waals surface area contributed by atoms with Crippen molar-refractivity contribution in [1.29, 1.82) is 0 Å². The van der Waals surface area contributed by atoms with E-state index in [1.165, 1.54) is 0 Å². The smallest absolute Gasteiger partial charge is 0.460 e. The number of alkyl halides is 21. The summed E-state index contributed by atoms with van der Waals surface area (Å²) >= 11 is 0. The second-order valence-electron chi connectivity index (χ2n) is 10.8. The summed E-state index contributed by atoms with van der Waals surface area (Å²) in [5.41, 5.74) is -10.6. The van der Waals surface area contributed by atoms with Crippen molar-refractivity contribution in [3.05, 3.63) is 24.3 Å². The summed E-state index contributed by atoms with van der Waals surface area (Å²) in [6, 6.07) is 0. The molecule has 2 atom stereocenters. The number of carbonyl (C=O) groups is 2. The molecule has 0 rings (SSSR count). The van der Waals surface area contributed by atoms with E-state index in [4.69, 9.17) is 0 Å². The fraction of sp³-hybridized carbons (Fsp3) is 0.760. The number of esters is 2. The summed E-state index contributed by atoms with van der Waals surface area (Å²) < 4.78 is 300. The number of hydrogen-bond donors (Lipinski definition) is 0. The van der Waals surface area contributed by atoms with E-state index in [-0.39, 0.29) is 0 Å². The molecule has 0 aliphatic rings. The molecule has 26 heteroatoms. The molecule has 5 nitrogen and oxygen atoms in total. The molecule has 0 saturated carbocycles. The summed E-state index contributed by atoms with van der Waals surface area (Å²) in [6.45, 7) is 2.70. The summed E-state index contributed by atoms with van der Waals surface area (Å²) in [4.78, 5) is 23.1. The van der Waals surface area contributed by atoms with Crippen LogP contribution in [-0.2, 0) is 23.8 Å². The Morgan fingerprint density at radius 2 is 1.00 bits per heavy atom. The molecule has 0 aliphatic heterocycles. The van der Waals surface area contributed by atoms with Gasteiger partial charge >= 0.3 is 65.7 Å². The van der Waals surface area contributed by atoms with E-state index in [0.29, 0.717) is 0 Å². The standard InChI is InChI=1S/C25H23F21O5/c1-10(2)14(47)49-8-13(51-11(3)4)7-17(27,28)20(33,34)22(37,38)19(31,32)16(26,24(41,42)43)6-12(5)15(48)50-9-18(29,30)21(35,36)23(39,40)25(44,45)46/h11,13H,1,5-9H2,2-4H3. The van der Waals surface area contributed by atoms with Gasteiger partial charge in [0, 0.05) is 24.0 Å². The van der Waals surface area contributed by atoms with Crippen LogP contribution in [0.4, 0.5) is 92.2 Å². The second-order valence-corrected chi connectivity index (χ2v) is 10.8. The van der Waals surface area contributed by atoms with Crippen molar-refractivity contribution in [2.75, 3.05) is 13.2 Å². The van der Waals surface area contributed by atoms with Crippen molar-refractivity contribution in [3.8, 4) is 0 Å². The molecule has 0 saturated heterocycles. The van der Waals surface area contributed by atoms with E-state index in [1.54, 1.807) is 0 Å². The monoisotopic (exact) mass is 802 g/mol. The Hall–Kier alpha value is -3.09. The lowest BCUT2D eigenvalue weighted by atomic mass is 9.81. The molecular formula is C25H23F21O5. The Morgan fingerprint density at radius 3 is 1.37 bits per heavy atom. The summed E-state index contributed by atoms with van der Waals surface area (Å²) in [5.74, 6) is -57.5. The minimum absolute atomic E-state index is 0.465. The number of carbonyl (C=O) groups excluding carboxylic acids is 2. The highest BCUT2D eigenvalue weighted by Crippen LogP contribution is 2.62. The van der Waals surface area contributed by atoms with Crippen LogP contribution in [0.1, 0.15) is 33.6 Å². The van der Waals surface area contributed by atoms with Gasteiger partial charge in [-0.25, -0.2) is 14.0 Å². The summed E-state index contributed by atoms with van der Waals surface area (Å²) in [7, 11) is 0. The number of ether oxygens (including phenoxy) is 3. The lowest BCUT2D eigenvalue weighted by Gasteiger charge is -2.43. The van der Waals surface area contributed by atoms with E-state index in [1.807, 2.05) is 6.58 Å². The minimum atomic E-state index is -8.19. The Morgan fingerprint density at radius 1 is 0.569 bits per heavy atom. The highest BCUT2D eigenvalue weighted by Gasteiger charge is 2.89. The first-order chi connectivity index (χ1) is 22.1. The first-order valence-electron chi connectivity index (χ1n) is 12.9. The second kappa shape index (κ2) is 14.7. The van der Waals surface area contributed by atoms with Crippen LogP contribution in [0.3, 0.4) is 0 Å². The Kier molecular flexibility index (Phi) is 13.8. The normalized spacial score (nSPS) is 16.4. The number of halogens is 21. The fourth-order valence-electron chi connectivity index (χ4n) is 3.42. The van der Waals surface area contributed by atoms with Crippen molar-refractivity contribution < 1.29 is 116 Å². The molecule has 0 spiro atoms. The topological polar surface area (TPSA) is 61.8 Å². The highest BCUT2D eigenvalue weighted by atomic mass is 19.4. The zero-order chi connectivity index (χ0) is 41.4. The van der Waals surface area contributed by atoms with Gasteiger partial charge in [0.25, 0.3) is 5.67 Å². The molecule has 0 aromatic heterocycles. The van der Waals surface area contributed by atoms with Crippen molar-refractivity contribution >= 4 is 11.9 Å². The van der Waals surface area contributed by atoms with Crippen LogP contribution in [0.2, 0.25) is 0 Å². The zero-order valence-corrected chi connectivity index (χ0v) is 25.4. The third-order valence-electron chi connectivity index (χ3n) is 6.23. The molecular weight excluding hydrogens is 779 g/mol. The van der Waals surface area contributed by atoms with Gasteiger partial charge in [-0.05, 0) is 20.8 Å². The lowest BCUT2D eigenvalue weighted by Crippen LogP contribution is -2.71. The van der Waals surface area contributed by atoms with Crippen LogP contribution in [-0.4, -0.2) is 96.8 Å². The average Bonchev–Trinajstić information content (AvgIpc) is 2.91. The van der Waals surface area contributed by atoms with E-state index in [9.17, 15) is 102 Å². The number of hydrogen-bond acceptors (Lipinski definition) is 5. The molecule has 0 fully saturated rings. The Balaban J connectivity index is 6.63. The molecule has 0 bridgehead atoms. The molecule has 51 heavy (non-hydrogen) atoms. The van der Waals surface area contributed by atoms with Crippen LogP contribution in [0.15, 0.2) is 24.3 Å². The molecule has 300 valence electrons. The molecule has 0 N–H and O–H groups in total. The van der Waals surface area contributed by atoms with Gasteiger partial charge in [-0.15, -0.1) is 0 Å². The van der Waals surface area contributed by atoms with Gasteiger partial charge in [-0.1, -0.05) is 13.2 Å². The van der Waals surface area contributed by atoms with Crippen molar-refractivity contribution in [2.45, 2.75) is 105 Å². The molecule has 0 heterocycles. The van der Waals surface area contributed by atoms with E-state index in [2.05, 4.69) is 20.8 Å². The zero-order valence-electron chi connectivity index (χ0n) is 25.4. The Bertz CT molecular complexity index is 1280. The van der Waals surface area contributed by atoms with E-state index in [0.717, 1.165) is 20.8 Å². The van der Waals surface area contributed by atoms with E-state index < -0.39 is 121 Å². The molecule has 0 amide bonds.